The fraction of sp³-hybridized carbons (Fsp3) is 0.400. The summed E-state index contributed by atoms with van der Waals surface area (Å²) < 4.78 is 11.6. The second kappa shape index (κ2) is 5.34. The monoisotopic (exact) mass is 196 g/mol. The number of carbonyl (C=O) groups is 1. The number of hydrogen-bond acceptors (Lipinski definition) is 3. The van der Waals surface area contributed by atoms with E-state index in [1.807, 2.05) is 4.57 Å². The zero-order valence-electron chi connectivity index (χ0n) is 8.40. The fourth-order valence-corrected chi connectivity index (χ4v) is 1.04. The summed E-state index contributed by atoms with van der Waals surface area (Å²) in [6.07, 6.45) is 3.55. The Kier molecular flexibility index (Phi) is 4.07. The van der Waals surface area contributed by atoms with Crippen LogP contribution in [0.1, 0.15) is 17.3 Å². The maximum absolute atomic E-state index is 11.3. The number of hydrogen-bond donors (Lipinski definition) is 0. The van der Waals surface area contributed by atoms with Gasteiger partial charge in [0.05, 0.1) is 12.2 Å². The number of ether oxygens (including phenoxy) is 2. The van der Waals surface area contributed by atoms with Gasteiger partial charge in [-0.05, 0) is 6.92 Å². The van der Waals surface area contributed by atoms with Crippen molar-refractivity contribution in [2.45, 2.75) is 13.7 Å². The van der Waals surface area contributed by atoms with E-state index in [0.29, 0.717) is 18.9 Å². The van der Waals surface area contributed by atoms with E-state index in [0.717, 1.165) is 0 Å². The highest BCUT2D eigenvalue weighted by Gasteiger charge is 2.07. The van der Waals surface area contributed by atoms with E-state index in [4.69, 9.17) is 9.47 Å². The minimum absolute atomic E-state index is 0.294. The van der Waals surface area contributed by atoms with Crippen LogP contribution in [-0.4, -0.2) is 19.7 Å². The molecule has 76 valence electrons. The molecule has 1 heterocycles. The lowest BCUT2D eigenvalue weighted by Gasteiger charge is -2.00. The van der Waals surface area contributed by atoms with E-state index >= 15 is 0 Å². The number of rotatable bonds is 4. The van der Waals surface area contributed by atoms with Crippen LogP contribution in [-0.2, 0) is 16.2 Å². The van der Waals surface area contributed by atoms with Gasteiger partial charge in [-0.3, -0.25) is 0 Å². The lowest BCUT2D eigenvalue weighted by Crippen LogP contribution is -2.33. The summed E-state index contributed by atoms with van der Waals surface area (Å²) in [6.45, 7) is 2.65. The highest BCUT2D eigenvalue weighted by atomic mass is 16.5. The van der Waals surface area contributed by atoms with Crippen molar-refractivity contribution in [2.24, 2.45) is 0 Å². The van der Waals surface area contributed by atoms with Gasteiger partial charge in [-0.25, -0.2) is 4.79 Å². The Morgan fingerprint density at radius 1 is 1.43 bits per heavy atom. The van der Waals surface area contributed by atoms with Crippen LogP contribution >= 0.6 is 0 Å². The smallest absolute Gasteiger partial charge is 0.338 e. The van der Waals surface area contributed by atoms with Gasteiger partial charge in [-0.2, -0.15) is 4.57 Å². The van der Waals surface area contributed by atoms with Crippen LogP contribution in [0.15, 0.2) is 24.5 Å². The van der Waals surface area contributed by atoms with E-state index in [1.165, 1.54) is 0 Å². The maximum atomic E-state index is 11.3. The van der Waals surface area contributed by atoms with E-state index in [9.17, 15) is 4.79 Å². The van der Waals surface area contributed by atoms with Crippen LogP contribution in [0.3, 0.4) is 0 Å². The summed E-state index contributed by atoms with van der Waals surface area (Å²) in [7, 11) is 1.62. The van der Waals surface area contributed by atoms with Gasteiger partial charge in [0.1, 0.15) is 0 Å². The van der Waals surface area contributed by atoms with Gasteiger partial charge in [0, 0.05) is 19.2 Å². The predicted octanol–water partition coefficient (Wildman–Crippen LogP) is 0.755. The second-order valence-electron chi connectivity index (χ2n) is 2.74. The predicted molar refractivity (Wildman–Crippen MR) is 49.6 cm³/mol. The van der Waals surface area contributed by atoms with E-state index < -0.39 is 0 Å². The number of nitrogens with zero attached hydrogens (tertiary/aromatic N) is 1. The molecule has 1 aromatic rings. The average Bonchev–Trinajstić information content (AvgIpc) is 2.20. The van der Waals surface area contributed by atoms with Gasteiger partial charge in [-0.1, -0.05) is 0 Å². The van der Waals surface area contributed by atoms with Crippen molar-refractivity contribution in [1.29, 1.82) is 0 Å². The minimum atomic E-state index is -0.294. The lowest BCUT2D eigenvalue weighted by molar-refractivity contribution is -0.731. The molecule has 0 saturated heterocycles. The second-order valence-corrected chi connectivity index (χ2v) is 2.74. The molecule has 0 N–H and O–H groups in total. The maximum Gasteiger partial charge on any atom is 0.338 e. The summed E-state index contributed by atoms with van der Waals surface area (Å²) in [5, 5.41) is 0. The molecule has 0 atom stereocenters. The Morgan fingerprint density at radius 2 is 2.07 bits per heavy atom. The van der Waals surface area contributed by atoms with E-state index in [-0.39, 0.29) is 5.97 Å². The molecule has 0 amide bonds. The molecular formula is C10H14NO3+. The first-order valence-corrected chi connectivity index (χ1v) is 4.43. The molecule has 1 aromatic heterocycles. The third-order valence-electron chi connectivity index (χ3n) is 1.68. The Morgan fingerprint density at radius 3 is 2.57 bits per heavy atom. The molecule has 4 nitrogen and oxygen atoms in total. The normalized spacial score (nSPS) is 9.86. The van der Waals surface area contributed by atoms with Crippen molar-refractivity contribution in [2.75, 3.05) is 13.7 Å². The van der Waals surface area contributed by atoms with Crippen molar-refractivity contribution in [3.05, 3.63) is 30.1 Å². The van der Waals surface area contributed by atoms with Crippen LogP contribution < -0.4 is 4.57 Å². The number of pyridine rings is 1. The number of aromatic nitrogens is 1. The highest BCUT2D eigenvalue weighted by molar-refractivity contribution is 5.88. The molecule has 0 aromatic carbocycles. The molecule has 0 radical (unpaired) electrons. The summed E-state index contributed by atoms with van der Waals surface area (Å²) in [6, 6.07) is 3.41. The van der Waals surface area contributed by atoms with Crippen molar-refractivity contribution < 1.29 is 18.8 Å². The standard InChI is InChI=1S/C10H14NO3/c1-3-14-10(12)9-4-6-11(7-5-9)8-13-2/h4-7H,3,8H2,1-2H3/q+1. The third kappa shape index (κ3) is 2.81. The Bertz CT molecular complexity index is 295. The molecular weight excluding hydrogens is 182 g/mol. The quantitative estimate of drug-likeness (QED) is 0.527. The zero-order valence-corrected chi connectivity index (χ0v) is 8.40. The van der Waals surface area contributed by atoms with Crippen molar-refractivity contribution in [1.82, 2.24) is 0 Å². The minimum Gasteiger partial charge on any atom is -0.462 e. The summed E-state index contributed by atoms with van der Waals surface area (Å²) in [5.41, 5.74) is 0.555. The fourth-order valence-electron chi connectivity index (χ4n) is 1.04. The molecule has 4 heteroatoms. The van der Waals surface area contributed by atoms with E-state index in [1.54, 1.807) is 38.6 Å². The Hall–Kier alpha value is -1.42. The van der Waals surface area contributed by atoms with Crippen LogP contribution in [0.5, 0.6) is 0 Å². The topological polar surface area (TPSA) is 39.4 Å². The number of esters is 1. The van der Waals surface area contributed by atoms with Gasteiger partial charge >= 0.3 is 5.97 Å². The number of carbonyl (C=O) groups excluding carboxylic acids is 1. The first-order valence-electron chi connectivity index (χ1n) is 4.43. The van der Waals surface area contributed by atoms with Gasteiger partial charge in [0.15, 0.2) is 12.4 Å². The molecule has 0 bridgehead atoms. The van der Waals surface area contributed by atoms with Crippen LogP contribution in [0.25, 0.3) is 0 Å². The largest absolute Gasteiger partial charge is 0.462 e. The lowest BCUT2D eigenvalue weighted by atomic mass is 10.3. The summed E-state index contributed by atoms with van der Waals surface area (Å²) in [5.74, 6) is -0.294. The SMILES string of the molecule is CCOC(=O)c1cc[n+](COC)cc1. The first kappa shape index (κ1) is 10.7. The van der Waals surface area contributed by atoms with Crippen LogP contribution in [0.2, 0.25) is 0 Å². The van der Waals surface area contributed by atoms with E-state index in [2.05, 4.69) is 0 Å². The van der Waals surface area contributed by atoms with Crippen molar-refractivity contribution >= 4 is 5.97 Å². The first-order chi connectivity index (χ1) is 6.77. The highest BCUT2D eigenvalue weighted by Crippen LogP contribution is 1.97. The molecule has 1 rings (SSSR count). The molecule has 0 spiro atoms. The molecule has 0 aliphatic rings. The molecule has 0 aliphatic heterocycles. The number of methoxy groups -OCH3 is 1. The molecule has 0 fully saturated rings. The van der Waals surface area contributed by atoms with Crippen LogP contribution in [0.4, 0.5) is 0 Å². The van der Waals surface area contributed by atoms with Gasteiger partial charge < -0.3 is 9.47 Å². The average molecular weight is 196 g/mol. The Labute approximate surface area is 83.1 Å². The van der Waals surface area contributed by atoms with Gasteiger partial charge in [-0.15, -0.1) is 0 Å². The summed E-state index contributed by atoms with van der Waals surface area (Å²) in [4.78, 5) is 11.3. The zero-order chi connectivity index (χ0) is 10.4. The van der Waals surface area contributed by atoms with Gasteiger partial charge in [0.25, 0.3) is 6.73 Å². The van der Waals surface area contributed by atoms with Gasteiger partial charge in [0.2, 0.25) is 0 Å². The van der Waals surface area contributed by atoms with Crippen molar-refractivity contribution in [3.63, 3.8) is 0 Å². The van der Waals surface area contributed by atoms with Crippen LogP contribution in [0, 0.1) is 0 Å². The molecule has 0 unspecified atom stereocenters. The van der Waals surface area contributed by atoms with Crippen molar-refractivity contribution in [3.8, 4) is 0 Å². The molecule has 0 aliphatic carbocycles. The third-order valence-corrected chi connectivity index (χ3v) is 1.68. The molecule has 0 saturated carbocycles. The molecule has 14 heavy (non-hydrogen) atoms. The summed E-state index contributed by atoms with van der Waals surface area (Å²) >= 11 is 0. The Balaban J connectivity index is 2.67.